The summed E-state index contributed by atoms with van der Waals surface area (Å²) in [6.45, 7) is 8.35. The monoisotopic (exact) mass is 398 g/mol. The van der Waals surface area contributed by atoms with E-state index < -0.39 is 0 Å². The fraction of sp³-hybridized carbons (Fsp3) is 0.524. The van der Waals surface area contributed by atoms with Crippen molar-refractivity contribution >= 4 is 17.5 Å². The van der Waals surface area contributed by atoms with E-state index in [0.717, 1.165) is 13.1 Å². The predicted molar refractivity (Wildman–Crippen MR) is 112 cm³/mol. The van der Waals surface area contributed by atoms with E-state index in [9.17, 15) is 9.59 Å². The number of likely N-dealkylation sites (tertiary alicyclic amines) is 1. The minimum absolute atomic E-state index is 0.0957. The van der Waals surface area contributed by atoms with E-state index in [1.807, 2.05) is 13.8 Å². The molecule has 8 heteroatoms. The molecule has 0 radical (unpaired) electrons. The van der Waals surface area contributed by atoms with Gasteiger partial charge in [-0.2, -0.15) is 5.10 Å². The number of piperidine rings is 1. The Morgan fingerprint density at radius 3 is 2.83 bits per heavy atom. The lowest BCUT2D eigenvalue weighted by molar-refractivity contribution is -0.123. The number of nitrogens with zero attached hydrogens (tertiary/aromatic N) is 4. The summed E-state index contributed by atoms with van der Waals surface area (Å²) in [5.41, 5.74) is 0.521. The first-order valence-corrected chi connectivity index (χ1v) is 10.1. The molecule has 0 unspecified atom stereocenters. The maximum Gasteiger partial charge on any atom is 0.274 e. The molecule has 2 aromatic rings. The zero-order valence-electron chi connectivity index (χ0n) is 17.4. The van der Waals surface area contributed by atoms with Crippen LogP contribution >= 0.6 is 0 Å². The molecule has 1 atom stereocenters. The number of hydrogen-bond acceptors (Lipinski definition) is 5. The van der Waals surface area contributed by atoms with Crippen LogP contribution in [0.15, 0.2) is 36.8 Å². The van der Waals surface area contributed by atoms with Crippen molar-refractivity contribution in [1.82, 2.24) is 25.0 Å². The molecule has 3 rings (SSSR count). The van der Waals surface area contributed by atoms with Crippen LogP contribution in [-0.4, -0.2) is 56.1 Å². The van der Waals surface area contributed by atoms with Crippen LogP contribution in [0.5, 0.6) is 0 Å². The van der Waals surface area contributed by atoms with Gasteiger partial charge in [-0.05, 0) is 52.3 Å². The minimum Gasteiger partial charge on any atom is -0.348 e. The minimum atomic E-state index is -0.328. The highest BCUT2D eigenvalue weighted by Crippen LogP contribution is 2.19. The van der Waals surface area contributed by atoms with Crippen LogP contribution in [0.25, 0.3) is 0 Å². The molecule has 0 aliphatic carbocycles. The summed E-state index contributed by atoms with van der Waals surface area (Å²) in [5.74, 6) is -0.420. The van der Waals surface area contributed by atoms with Crippen molar-refractivity contribution in [3.63, 3.8) is 0 Å². The van der Waals surface area contributed by atoms with Crippen molar-refractivity contribution < 1.29 is 9.59 Å². The van der Waals surface area contributed by atoms with Crippen LogP contribution in [0.2, 0.25) is 0 Å². The van der Waals surface area contributed by atoms with Crippen molar-refractivity contribution in [2.45, 2.75) is 58.2 Å². The molecule has 8 nitrogen and oxygen atoms in total. The average Bonchev–Trinajstić information content (AvgIpc) is 3.10. The first-order chi connectivity index (χ1) is 13.8. The molecule has 2 N–H and O–H groups in total. The van der Waals surface area contributed by atoms with Crippen molar-refractivity contribution in [2.24, 2.45) is 0 Å². The van der Waals surface area contributed by atoms with Crippen molar-refractivity contribution in [1.29, 1.82) is 0 Å². The van der Waals surface area contributed by atoms with Gasteiger partial charge in [-0.1, -0.05) is 12.5 Å². The summed E-state index contributed by atoms with van der Waals surface area (Å²) >= 11 is 0. The van der Waals surface area contributed by atoms with E-state index in [1.165, 1.54) is 30.1 Å². The lowest BCUT2D eigenvalue weighted by Crippen LogP contribution is -2.54. The maximum absolute atomic E-state index is 12.5. The Morgan fingerprint density at radius 1 is 1.28 bits per heavy atom. The van der Waals surface area contributed by atoms with Gasteiger partial charge in [-0.3, -0.25) is 24.2 Å². The lowest BCUT2D eigenvalue weighted by atomic mass is 9.98. The van der Waals surface area contributed by atoms with E-state index in [1.54, 1.807) is 30.6 Å². The molecule has 156 valence electrons. The second-order valence-electron chi connectivity index (χ2n) is 8.34. The smallest absolute Gasteiger partial charge is 0.274 e. The summed E-state index contributed by atoms with van der Waals surface area (Å²) in [6.07, 6.45) is 8.44. The lowest BCUT2D eigenvalue weighted by Gasteiger charge is -2.39. The van der Waals surface area contributed by atoms with Crippen LogP contribution in [0.1, 0.15) is 50.5 Å². The zero-order valence-corrected chi connectivity index (χ0v) is 17.4. The highest BCUT2D eigenvalue weighted by atomic mass is 16.2. The van der Waals surface area contributed by atoms with E-state index in [-0.39, 0.29) is 23.9 Å². The largest absolute Gasteiger partial charge is 0.348 e. The maximum atomic E-state index is 12.5. The molecular weight excluding hydrogens is 368 g/mol. The molecule has 2 amide bonds. The van der Waals surface area contributed by atoms with Crippen LogP contribution in [0.4, 0.5) is 5.69 Å². The normalized spacial score (nSPS) is 17.7. The van der Waals surface area contributed by atoms with Crippen LogP contribution in [0, 0.1) is 0 Å². The van der Waals surface area contributed by atoms with E-state index in [2.05, 4.69) is 32.5 Å². The van der Waals surface area contributed by atoms with Gasteiger partial charge in [-0.25, -0.2) is 0 Å². The number of hydrogen-bond donors (Lipinski definition) is 2. The van der Waals surface area contributed by atoms with Gasteiger partial charge in [0, 0.05) is 30.5 Å². The molecule has 1 fully saturated rings. The summed E-state index contributed by atoms with van der Waals surface area (Å²) in [7, 11) is 0. The van der Waals surface area contributed by atoms with Gasteiger partial charge in [-0.15, -0.1) is 0 Å². The summed E-state index contributed by atoms with van der Waals surface area (Å²) in [6, 6.07) is 5.69. The molecule has 0 spiro atoms. The molecule has 1 saturated heterocycles. The van der Waals surface area contributed by atoms with Crippen molar-refractivity contribution in [3.05, 3.63) is 42.5 Å². The number of rotatable bonds is 7. The van der Waals surface area contributed by atoms with E-state index in [0.29, 0.717) is 17.4 Å². The number of amides is 2. The molecule has 1 aliphatic rings. The van der Waals surface area contributed by atoms with Gasteiger partial charge in [0.2, 0.25) is 5.91 Å². The Labute approximate surface area is 171 Å². The van der Waals surface area contributed by atoms with Gasteiger partial charge >= 0.3 is 0 Å². The molecule has 0 bridgehead atoms. The third-order valence-electron chi connectivity index (χ3n) is 5.11. The Balaban J connectivity index is 1.51. The molecular formula is C21H30N6O2. The molecule has 29 heavy (non-hydrogen) atoms. The number of nitrogens with one attached hydrogen (secondary N) is 2. The molecule has 1 aliphatic heterocycles. The highest BCUT2D eigenvalue weighted by Gasteiger charge is 2.27. The van der Waals surface area contributed by atoms with Gasteiger partial charge in [0.1, 0.15) is 12.2 Å². The molecule has 3 heterocycles. The Morgan fingerprint density at radius 2 is 2.10 bits per heavy atom. The van der Waals surface area contributed by atoms with Gasteiger partial charge in [0.05, 0.1) is 11.9 Å². The number of aromatic nitrogens is 3. The van der Waals surface area contributed by atoms with Crippen LogP contribution in [0.3, 0.4) is 0 Å². The first-order valence-electron chi connectivity index (χ1n) is 10.1. The molecule has 0 saturated carbocycles. The average molecular weight is 399 g/mol. The number of anilines is 1. The number of carbonyl (C=O) groups excluding carboxylic acids is 2. The topological polar surface area (TPSA) is 92.2 Å². The number of carbonyl (C=O) groups is 2. The quantitative estimate of drug-likeness (QED) is 0.747. The van der Waals surface area contributed by atoms with E-state index >= 15 is 0 Å². The molecule has 0 aromatic carbocycles. The second-order valence-corrected chi connectivity index (χ2v) is 8.34. The predicted octanol–water partition coefficient (Wildman–Crippen LogP) is 2.30. The third-order valence-corrected chi connectivity index (χ3v) is 5.11. The summed E-state index contributed by atoms with van der Waals surface area (Å²) in [4.78, 5) is 31.1. The Bertz CT molecular complexity index is 833. The van der Waals surface area contributed by atoms with Crippen LogP contribution < -0.4 is 10.6 Å². The van der Waals surface area contributed by atoms with E-state index in [4.69, 9.17) is 0 Å². The van der Waals surface area contributed by atoms with Crippen LogP contribution in [-0.2, 0) is 11.3 Å². The first kappa shape index (κ1) is 21.0. The second kappa shape index (κ2) is 9.17. The molecule has 2 aromatic heterocycles. The SMILES string of the molecule is C[C@@H]1CCCCN1CC(C)(C)NC(=O)Cn1cc(NC(=O)c2ccccn2)cn1. The van der Waals surface area contributed by atoms with Crippen molar-refractivity contribution in [3.8, 4) is 0 Å². The summed E-state index contributed by atoms with van der Waals surface area (Å²) in [5, 5.41) is 10.0. The van der Waals surface area contributed by atoms with Crippen molar-refractivity contribution in [2.75, 3.05) is 18.4 Å². The third kappa shape index (κ3) is 6.12. The summed E-state index contributed by atoms with van der Waals surface area (Å²) < 4.78 is 1.52. The van der Waals surface area contributed by atoms with Gasteiger partial charge < -0.3 is 10.6 Å². The standard InChI is InChI=1S/C21H30N6O2/c1-16-8-5-7-11-26(16)15-21(2,3)25-19(28)14-27-13-17(12-23-27)24-20(29)18-9-4-6-10-22-18/h4,6,9-10,12-13,16H,5,7-8,11,14-15H2,1-3H3,(H,24,29)(H,25,28)/t16-/m1/s1. The van der Waals surface area contributed by atoms with Gasteiger partial charge in [0.25, 0.3) is 5.91 Å². The number of pyridine rings is 1. The Kier molecular flexibility index (Phi) is 6.64. The Hall–Kier alpha value is -2.74. The highest BCUT2D eigenvalue weighted by molar-refractivity contribution is 6.02. The fourth-order valence-corrected chi connectivity index (χ4v) is 3.71. The fourth-order valence-electron chi connectivity index (χ4n) is 3.71. The zero-order chi connectivity index (χ0) is 20.9. The van der Waals surface area contributed by atoms with Gasteiger partial charge in [0.15, 0.2) is 0 Å².